The van der Waals surface area contributed by atoms with Gasteiger partial charge >= 0.3 is 5.69 Å². The van der Waals surface area contributed by atoms with Crippen LogP contribution in [0.15, 0.2) is 17.2 Å². The molecular formula is C10H13N5O3. The molecule has 8 nitrogen and oxygen atoms in total. The Labute approximate surface area is 102 Å². The summed E-state index contributed by atoms with van der Waals surface area (Å²) in [6.07, 6.45) is 3.90. The molecule has 0 aromatic carbocycles. The lowest BCUT2D eigenvalue weighted by molar-refractivity contribution is -0.0489. The molecule has 0 spiro atoms. The first-order valence-corrected chi connectivity index (χ1v) is 5.68. The molecule has 0 amide bonds. The zero-order valence-electron chi connectivity index (χ0n) is 9.65. The predicted molar refractivity (Wildman–Crippen MR) is 62.0 cm³/mol. The minimum absolute atomic E-state index is 0.0201. The van der Waals surface area contributed by atoms with Crippen molar-refractivity contribution in [3.8, 4) is 0 Å². The van der Waals surface area contributed by atoms with E-state index in [1.54, 1.807) is 12.4 Å². The van der Waals surface area contributed by atoms with E-state index in [-0.39, 0.29) is 12.2 Å². The van der Waals surface area contributed by atoms with Gasteiger partial charge in [-0.2, -0.15) is 9.97 Å². The summed E-state index contributed by atoms with van der Waals surface area (Å²) in [7, 11) is 0. The number of aromatic nitrogens is 4. The molecule has 2 aromatic rings. The number of anilines is 1. The molecule has 0 atom stereocenters. The van der Waals surface area contributed by atoms with Gasteiger partial charge in [0.05, 0.1) is 13.2 Å². The number of aryl methyl sites for hydroxylation is 1. The highest BCUT2D eigenvalue weighted by molar-refractivity contribution is 5.34. The first-order valence-electron chi connectivity index (χ1n) is 5.68. The lowest BCUT2D eigenvalue weighted by atomic mass is 10.4. The van der Waals surface area contributed by atoms with Gasteiger partial charge in [-0.05, 0) is 0 Å². The van der Waals surface area contributed by atoms with E-state index in [4.69, 9.17) is 15.2 Å². The Morgan fingerprint density at radius 3 is 2.89 bits per heavy atom. The number of ether oxygens (including phenoxy) is 2. The summed E-state index contributed by atoms with van der Waals surface area (Å²) >= 11 is 0. The molecule has 1 aliphatic rings. The number of rotatable bonds is 3. The normalized spacial score (nSPS) is 16.7. The summed E-state index contributed by atoms with van der Waals surface area (Å²) in [6, 6.07) is 0. The van der Waals surface area contributed by atoms with Crippen molar-refractivity contribution < 1.29 is 9.47 Å². The number of nitrogen functional groups attached to an aromatic ring is 1. The Balaban J connectivity index is 1.85. The first-order chi connectivity index (χ1) is 8.74. The fourth-order valence-electron chi connectivity index (χ4n) is 1.96. The maximum Gasteiger partial charge on any atom is 0.357 e. The standard InChI is InChI=1S/C10H13N5O3/c11-8-12-9-14(2-1-7-17-5-6-18-7)3-4-15(9)10(16)13-8/h3-4,7H,1-2,5-6H2,(H2,11,13,16). The van der Waals surface area contributed by atoms with Gasteiger partial charge in [0.1, 0.15) is 0 Å². The number of imidazole rings is 1. The van der Waals surface area contributed by atoms with E-state index >= 15 is 0 Å². The van der Waals surface area contributed by atoms with Crippen LogP contribution in [0.5, 0.6) is 0 Å². The molecule has 0 bridgehead atoms. The number of hydrogen-bond acceptors (Lipinski definition) is 6. The summed E-state index contributed by atoms with van der Waals surface area (Å²) in [5, 5.41) is 0. The highest BCUT2D eigenvalue weighted by Crippen LogP contribution is 2.10. The van der Waals surface area contributed by atoms with E-state index in [2.05, 4.69) is 9.97 Å². The smallest absolute Gasteiger partial charge is 0.357 e. The van der Waals surface area contributed by atoms with Crippen LogP contribution in [0.1, 0.15) is 6.42 Å². The Bertz CT molecular complexity index is 613. The molecule has 0 unspecified atom stereocenters. The molecule has 1 saturated heterocycles. The molecular weight excluding hydrogens is 238 g/mol. The van der Waals surface area contributed by atoms with Crippen molar-refractivity contribution in [1.29, 1.82) is 0 Å². The van der Waals surface area contributed by atoms with Gasteiger partial charge in [0.25, 0.3) is 0 Å². The Morgan fingerprint density at radius 2 is 2.11 bits per heavy atom. The molecule has 2 N–H and O–H groups in total. The number of fused-ring (bicyclic) bond motifs is 1. The highest BCUT2D eigenvalue weighted by Gasteiger charge is 2.16. The van der Waals surface area contributed by atoms with Gasteiger partial charge in [0.15, 0.2) is 6.29 Å². The van der Waals surface area contributed by atoms with E-state index in [1.807, 2.05) is 4.57 Å². The van der Waals surface area contributed by atoms with Crippen LogP contribution < -0.4 is 11.4 Å². The van der Waals surface area contributed by atoms with Gasteiger partial charge in [-0.15, -0.1) is 0 Å². The maximum atomic E-state index is 11.5. The van der Waals surface area contributed by atoms with Crippen molar-refractivity contribution in [2.45, 2.75) is 19.3 Å². The van der Waals surface area contributed by atoms with E-state index < -0.39 is 5.69 Å². The molecule has 0 aliphatic carbocycles. The van der Waals surface area contributed by atoms with Crippen LogP contribution in [0.25, 0.3) is 5.78 Å². The maximum absolute atomic E-state index is 11.5. The van der Waals surface area contributed by atoms with Crippen molar-refractivity contribution in [3.05, 3.63) is 22.9 Å². The first kappa shape index (κ1) is 11.2. The van der Waals surface area contributed by atoms with Gasteiger partial charge in [-0.25, -0.2) is 9.20 Å². The van der Waals surface area contributed by atoms with E-state index in [1.165, 1.54) is 4.40 Å². The zero-order chi connectivity index (χ0) is 12.5. The highest BCUT2D eigenvalue weighted by atomic mass is 16.7. The summed E-state index contributed by atoms with van der Waals surface area (Å²) in [6.45, 7) is 1.90. The van der Waals surface area contributed by atoms with Crippen molar-refractivity contribution in [2.75, 3.05) is 18.9 Å². The molecule has 2 aromatic heterocycles. The second-order valence-corrected chi connectivity index (χ2v) is 3.99. The molecule has 1 aliphatic heterocycles. The molecule has 0 saturated carbocycles. The van der Waals surface area contributed by atoms with Gasteiger partial charge in [-0.3, -0.25) is 0 Å². The van der Waals surface area contributed by atoms with Crippen LogP contribution in [-0.2, 0) is 16.0 Å². The van der Waals surface area contributed by atoms with Crippen LogP contribution in [0, 0.1) is 0 Å². The Kier molecular flexibility index (Phi) is 2.73. The lowest BCUT2D eigenvalue weighted by Crippen LogP contribution is -2.20. The van der Waals surface area contributed by atoms with Crippen molar-refractivity contribution >= 4 is 11.7 Å². The molecule has 3 heterocycles. The molecule has 1 fully saturated rings. The summed E-state index contributed by atoms with van der Waals surface area (Å²) < 4.78 is 13.9. The van der Waals surface area contributed by atoms with Gasteiger partial charge in [-0.1, -0.05) is 0 Å². The number of hydrogen-bond donors (Lipinski definition) is 1. The van der Waals surface area contributed by atoms with Crippen LogP contribution in [0.2, 0.25) is 0 Å². The predicted octanol–water partition coefficient (Wildman–Crippen LogP) is -0.764. The Morgan fingerprint density at radius 1 is 1.33 bits per heavy atom. The minimum atomic E-state index is -0.426. The second-order valence-electron chi connectivity index (χ2n) is 3.99. The third-order valence-corrected chi connectivity index (χ3v) is 2.80. The third-order valence-electron chi connectivity index (χ3n) is 2.80. The lowest BCUT2D eigenvalue weighted by Gasteiger charge is -2.09. The summed E-state index contributed by atoms with van der Waals surface area (Å²) in [5.41, 5.74) is 5.05. The fourth-order valence-corrected chi connectivity index (χ4v) is 1.96. The van der Waals surface area contributed by atoms with Crippen molar-refractivity contribution in [3.63, 3.8) is 0 Å². The number of nitrogens with zero attached hydrogens (tertiary/aromatic N) is 4. The van der Waals surface area contributed by atoms with Gasteiger partial charge in [0.2, 0.25) is 11.7 Å². The number of nitrogens with two attached hydrogens (primary N) is 1. The van der Waals surface area contributed by atoms with Gasteiger partial charge in [0, 0.05) is 25.4 Å². The molecule has 96 valence electrons. The summed E-state index contributed by atoms with van der Waals surface area (Å²) in [4.78, 5) is 19.2. The van der Waals surface area contributed by atoms with Crippen LogP contribution in [0.4, 0.5) is 5.95 Å². The quantitative estimate of drug-likeness (QED) is 0.770. The Hall–Kier alpha value is -1.93. The average molecular weight is 251 g/mol. The largest absolute Gasteiger partial charge is 0.368 e. The van der Waals surface area contributed by atoms with E-state index in [9.17, 15) is 4.79 Å². The average Bonchev–Trinajstić information content (AvgIpc) is 2.94. The van der Waals surface area contributed by atoms with E-state index in [0.717, 1.165) is 0 Å². The molecule has 0 radical (unpaired) electrons. The van der Waals surface area contributed by atoms with Gasteiger partial charge < -0.3 is 19.8 Å². The zero-order valence-corrected chi connectivity index (χ0v) is 9.65. The molecule has 8 heteroatoms. The topological polar surface area (TPSA) is 96.7 Å². The minimum Gasteiger partial charge on any atom is -0.368 e. The summed E-state index contributed by atoms with van der Waals surface area (Å²) in [5.74, 6) is 0.457. The van der Waals surface area contributed by atoms with Crippen LogP contribution in [0.3, 0.4) is 0 Å². The van der Waals surface area contributed by atoms with Crippen LogP contribution in [-0.4, -0.2) is 38.4 Å². The molecule has 3 rings (SSSR count). The molecule has 18 heavy (non-hydrogen) atoms. The van der Waals surface area contributed by atoms with E-state index in [0.29, 0.717) is 32.0 Å². The second kappa shape index (κ2) is 4.39. The van der Waals surface area contributed by atoms with Crippen molar-refractivity contribution in [2.24, 2.45) is 0 Å². The fraction of sp³-hybridized carbons (Fsp3) is 0.500. The SMILES string of the molecule is Nc1nc(=O)n2ccn(CCC3OCCO3)c2n1. The van der Waals surface area contributed by atoms with Crippen LogP contribution >= 0.6 is 0 Å². The monoisotopic (exact) mass is 251 g/mol. The van der Waals surface area contributed by atoms with Crippen molar-refractivity contribution in [1.82, 2.24) is 18.9 Å². The third kappa shape index (κ3) is 1.95.